The van der Waals surface area contributed by atoms with E-state index < -0.39 is 0 Å². The summed E-state index contributed by atoms with van der Waals surface area (Å²) in [7, 11) is 0. The van der Waals surface area contributed by atoms with Gasteiger partial charge < -0.3 is 9.97 Å². The van der Waals surface area contributed by atoms with Gasteiger partial charge in [-0.05, 0) is 105 Å². The molecule has 0 radical (unpaired) electrons. The van der Waals surface area contributed by atoms with Crippen molar-refractivity contribution in [3.63, 3.8) is 0 Å². The Morgan fingerprint density at radius 2 is 0.654 bits per heavy atom. The summed E-state index contributed by atoms with van der Waals surface area (Å²) < 4.78 is 0. The predicted octanol–water partition coefficient (Wildman–Crippen LogP) is 15.2. The van der Waals surface area contributed by atoms with Crippen LogP contribution >= 0.6 is 0 Å². The highest BCUT2D eigenvalue weighted by Crippen LogP contribution is 2.39. The van der Waals surface area contributed by atoms with Crippen molar-refractivity contribution in [1.29, 1.82) is 0 Å². The van der Waals surface area contributed by atoms with Crippen molar-refractivity contribution >= 4 is 54.1 Å². The van der Waals surface area contributed by atoms with Crippen molar-refractivity contribution in [2.75, 3.05) is 0 Å². The van der Waals surface area contributed by atoms with Crippen molar-refractivity contribution in [1.82, 2.24) is 9.97 Å². The first-order valence-electron chi connectivity index (χ1n) is 20.3. The van der Waals surface area contributed by atoms with E-state index in [1.807, 2.05) is 0 Å². The maximum absolute atomic E-state index is 3.73. The van der Waals surface area contributed by atoms with Crippen LogP contribution < -0.4 is 0 Å². The standard InChI is InChI=1S/C50H54N2/c1-3-5-7-9-11-13-15-35-17-21-37(22-18-35)49-33-45-43-27-25-40-39(41(43)29-31-47(45)51-49)26-28-44-42(40)30-32-48-46(44)34-50(52-48)38-23-19-36(20-24-38)16-14-12-10-8-6-4-2/h17-34,51-52H,3-16H2,1-2H3. The van der Waals surface area contributed by atoms with Gasteiger partial charge in [-0.25, -0.2) is 0 Å². The normalized spacial score (nSPS) is 12.0. The quantitative estimate of drug-likeness (QED) is 0.0751. The third kappa shape index (κ3) is 7.13. The molecule has 0 fully saturated rings. The Labute approximate surface area is 309 Å². The minimum atomic E-state index is 1.18. The van der Waals surface area contributed by atoms with Gasteiger partial charge in [0.25, 0.3) is 0 Å². The van der Waals surface area contributed by atoms with Gasteiger partial charge in [-0.2, -0.15) is 0 Å². The largest absolute Gasteiger partial charge is 0.355 e. The van der Waals surface area contributed by atoms with Crippen molar-refractivity contribution in [3.05, 3.63) is 120 Å². The highest BCUT2D eigenvalue weighted by atomic mass is 14.7. The second kappa shape index (κ2) is 15.8. The molecular formula is C50H54N2. The smallest absolute Gasteiger partial charge is 0.0465 e. The van der Waals surface area contributed by atoms with Gasteiger partial charge >= 0.3 is 0 Å². The van der Waals surface area contributed by atoms with Crippen molar-refractivity contribution < 1.29 is 0 Å². The van der Waals surface area contributed by atoms with Gasteiger partial charge in [-0.1, -0.05) is 163 Å². The fourth-order valence-corrected chi connectivity index (χ4v) is 8.50. The van der Waals surface area contributed by atoms with E-state index in [1.54, 1.807) is 0 Å². The van der Waals surface area contributed by atoms with Gasteiger partial charge in [0.15, 0.2) is 0 Å². The number of aromatic amines is 2. The molecule has 2 heteroatoms. The summed E-state index contributed by atoms with van der Waals surface area (Å²) >= 11 is 0. The second-order valence-corrected chi connectivity index (χ2v) is 15.3. The molecule has 2 heterocycles. The molecule has 2 aromatic heterocycles. The molecule has 0 aliphatic carbocycles. The van der Waals surface area contributed by atoms with Crippen LogP contribution in [0.15, 0.2) is 109 Å². The van der Waals surface area contributed by atoms with Crippen LogP contribution in [0.4, 0.5) is 0 Å². The van der Waals surface area contributed by atoms with Crippen LogP contribution in [0, 0.1) is 0 Å². The van der Waals surface area contributed by atoms with Gasteiger partial charge in [-0.15, -0.1) is 0 Å². The Bertz CT molecular complexity index is 2250. The molecule has 0 aliphatic heterocycles. The zero-order valence-electron chi connectivity index (χ0n) is 31.3. The number of fused-ring (bicyclic) bond motifs is 9. The summed E-state index contributed by atoms with van der Waals surface area (Å²) in [5.41, 5.74) is 10.1. The average Bonchev–Trinajstić information content (AvgIpc) is 3.83. The fraction of sp³-hybridized carbons (Fsp3) is 0.320. The van der Waals surface area contributed by atoms with Crippen LogP contribution in [-0.4, -0.2) is 9.97 Å². The lowest BCUT2D eigenvalue weighted by atomic mass is 9.94. The topological polar surface area (TPSA) is 31.6 Å². The van der Waals surface area contributed by atoms with E-state index >= 15 is 0 Å². The molecule has 6 aromatic carbocycles. The van der Waals surface area contributed by atoms with E-state index in [-0.39, 0.29) is 0 Å². The minimum Gasteiger partial charge on any atom is -0.355 e. The van der Waals surface area contributed by atoms with Crippen LogP contribution in [-0.2, 0) is 12.8 Å². The number of H-pyrrole nitrogens is 2. The molecule has 0 saturated heterocycles. The molecule has 52 heavy (non-hydrogen) atoms. The summed E-state index contributed by atoms with van der Waals surface area (Å²) in [6.07, 6.45) is 18.5. The van der Waals surface area contributed by atoms with Gasteiger partial charge in [0, 0.05) is 33.2 Å². The Hall–Kier alpha value is -4.82. The molecule has 0 unspecified atom stereocenters. The Kier molecular flexibility index (Phi) is 10.4. The zero-order chi connectivity index (χ0) is 35.3. The highest BCUT2D eigenvalue weighted by molar-refractivity contribution is 6.25. The van der Waals surface area contributed by atoms with Crippen molar-refractivity contribution in [3.8, 4) is 22.5 Å². The molecule has 0 amide bonds. The van der Waals surface area contributed by atoms with Gasteiger partial charge in [0.1, 0.15) is 0 Å². The van der Waals surface area contributed by atoms with Crippen LogP contribution in [0.2, 0.25) is 0 Å². The summed E-state index contributed by atoms with van der Waals surface area (Å²) in [4.78, 5) is 7.45. The Balaban J connectivity index is 1.03. The predicted molar refractivity (Wildman–Crippen MR) is 228 cm³/mol. The first-order valence-corrected chi connectivity index (χ1v) is 20.3. The number of aryl methyl sites for hydroxylation is 2. The summed E-state index contributed by atoms with van der Waals surface area (Å²) in [6, 6.07) is 41.6. The van der Waals surface area contributed by atoms with E-state index in [0.717, 1.165) is 0 Å². The van der Waals surface area contributed by atoms with Gasteiger partial charge in [0.2, 0.25) is 0 Å². The molecular weight excluding hydrogens is 629 g/mol. The molecule has 0 atom stereocenters. The summed E-state index contributed by atoms with van der Waals surface area (Å²) in [5.74, 6) is 0. The Morgan fingerprint density at radius 1 is 0.327 bits per heavy atom. The van der Waals surface area contributed by atoms with E-state index in [1.165, 1.54) is 178 Å². The van der Waals surface area contributed by atoms with E-state index in [2.05, 4.69) is 133 Å². The lowest BCUT2D eigenvalue weighted by Crippen LogP contribution is -1.87. The van der Waals surface area contributed by atoms with Crippen LogP contribution in [0.1, 0.15) is 102 Å². The minimum absolute atomic E-state index is 1.18. The number of benzene rings is 6. The molecule has 8 rings (SSSR count). The number of unbranched alkanes of at least 4 members (excludes halogenated alkanes) is 10. The second-order valence-electron chi connectivity index (χ2n) is 15.3. The number of nitrogens with one attached hydrogen (secondary N) is 2. The van der Waals surface area contributed by atoms with Gasteiger partial charge in [0.05, 0.1) is 0 Å². The van der Waals surface area contributed by atoms with Crippen molar-refractivity contribution in [2.24, 2.45) is 0 Å². The monoisotopic (exact) mass is 682 g/mol. The molecule has 264 valence electrons. The van der Waals surface area contributed by atoms with Crippen LogP contribution in [0.5, 0.6) is 0 Å². The molecule has 0 spiro atoms. The molecule has 2 N–H and O–H groups in total. The molecule has 8 aromatic rings. The fourth-order valence-electron chi connectivity index (χ4n) is 8.50. The summed E-state index contributed by atoms with van der Waals surface area (Å²) in [5, 5.41) is 10.4. The number of aromatic nitrogens is 2. The maximum Gasteiger partial charge on any atom is 0.0465 e. The lowest BCUT2D eigenvalue weighted by Gasteiger charge is -2.09. The SMILES string of the molecule is CCCCCCCCc1ccc(-c2cc3c(ccc4c3ccc3c5ccc6[nH]c(-c7ccc(CCCCCCCC)cc7)cc6c5ccc43)[nH]2)cc1. The molecule has 0 aliphatic rings. The van der Waals surface area contributed by atoms with E-state index in [0.29, 0.717) is 0 Å². The van der Waals surface area contributed by atoms with Crippen LogP contribution in [0.3, 0.4) is 0 Å². The number of hydrogen-bond donors (Lipinski definition) is 2. The maximum atomic E-state index is 3.73. The van der Waals surface area contributed by atoms with Gasteiger partial charge in [-0.3, -0.25) is 0 Å². The first kappa shape index (κ1) is 34.3. The first-order chi connectivity index (χ1) is 25.7. The molecule has 0 saturated carbocycles. The molecule has 2 nitrogen and oxygen atoms in total. The highest BCUT2D eigenvalue weighted by Gasteiger charge is 2.13. The number of rotatable bonds is 16. The third-order valence-corrected chi connectivity index (χ3v) is 11.6. The van der Waals surface area contributed by atoms with E-state index in [9.17, 15) is 0 Å². The van der Waals surface area contributed by atoms with E-state index in [4.69, 9.17) is 0 Å². The number of hydrogen-bond acceptors (Lipinski definition) is 0. The van der Waals surface area contributed by atoms with Crippen molar-refractivity contribution in [2.45, 2.75) is 104 Å². The average molecular weight is 683 g/mol. The zero-order valence-corrected chi connectivity index (χ0v) is 31.3. The third-order valence-electron chi connectivity index (χ3n) is 11.6. The Morgan fingerprint density at radius 3 is 1.04 bits per heavy atom. The lowest BCUT2D eigenvalue weighted by molar-refractivity contribution is 0.607. The molecule has 0 bridgehead atoms. The summed E-state index contributed by atoms with van der Waals surface area (Å²) in [6.45, 7) is 4.57. The van der Waals surface area contributed by atoms with Crippen LogP contribution in [0.25, 0.3) is 76.6 Å².